The minimum atomic E-state index is -0.327. The minimum absolute atomic E-state index is 0. The first-order chi connectivity index (χ1) is 11.7. The number of hydrogen-bond acceptors (Lipinski definition) is 4. The summed E-state index contributed by atoms with van der Waals surface area (Å²) in [6.07, 6.45) is 4.21. The number of benzene rings is 1. The molecule has 0 atom stereocenters. The van der Waals surface area contributed by atoms with E-state index in [1.165, 1.54) is 31.0 Å². The molecule has 0 bridgehead atoms. The highest BCUT2D eigenvalue weighted by molar-refractivity contribution is 5.85. The predicted molar refractivity (Wildman–Crippen MR) is 97.4 cm³/mol. The van der Waals surface area contributed by atoms with Gasteiger partial charge in [0, 0.05) is 24.4 Å². The average Bonchev–Trinajstić information content (AvgIpc) is 3.09. The van der Waals surface area contributed by atoms with E-state index in [4.69, 9.17) is 4.42 Å². The summed E-state index contributed by atoms with van der Waals surface area (Å²) in [5, 5.41) is 0.484. The van der Waals surface area contributed by atoms with Crippen LogP contribution in [0.1, 0.15) is 18.4 Å². The zero-order valence-electron chi connectivity index (χ0n) is 13.6. The molecule has 1 fully saturated rings. The average molecular weight is 361 g/mol. The topological polar surface area (TPSA) is 46.3 Å². The lowest BCUT2D eigenvalue weighted by Crippen LogP contribution is -2.18. The Labute approximate surface area is 150 Å². The number of halogens is 2. The monoisotopic (exact) mass is 360 g/mol. The van der Waals surface area contributed by atoms with Gasteiger partial charge in [0.05, 0.1) is 5.39 Å². The van der Waals surface area contributed by atoms with Gasteiger partial charge in [-0.15, -0.1) is 12.4 Å². The van der Waals surface area contributed by atoms with Gasteiger partial charge in [-0.3, -0.25) is 9.69 Å². The van der Waals surface area contributed by atoms with Crippen LogP contribution in [0.15, 0.2) is 51.8 Å². The molecule has 25 heavy (non-hydrogen) atoms. The fourth-order valence-corrected chi connectivity index (χ4v) is 3.13. The van der Waals surface area contributed by atoms with E-state index in [1.54, 1.807) is 18.3 Å². The van der Waals surface area contributed by atoms with E-state index in [0.717, 1.165) is 25.2 Å². The van der Waals surface area contributed by atoms with E-state index >= 15 is 0 Å². The van der Waals surface area contributed by atoms with Gasteiger partial charge in [0.2, 0.25) is 5.71 Å². The van der Waals surface area contributed by atoms with Crippen molar-refractivity contribution in [2.24, 2.45) is 0 Å². The highest BCUT2D eigenvalue weighted by atomic mass is 35.5. The molecule has 1 saturated heterocycles. The molecule has 2 aromatic heterocycles. The smallest absolute Gasteiger partial charge is 0.230 e. The summed E-state index contributed by atoms with van der Waals surface area (Å²) in [6, 6.07) is 9.15. The van der Waals surface area contributed by atoms with E-state index in [2.05, 4.69) is 9.88 Å². The van der Waals surface area contributed by atoms with Crippen molar-refractivity contribution >= 4 is 23.5 Å². The summed E-state index contributed by atoms with van der Waals surface area (Å²) in [6.45, 7) is 2.99. The molecule has 0 aliphatic carbocycles. The SMILES string of the molecule is Cl.O=c1cc(-c2ccc(F)cc2)oc2ncc(CN3CCCC3)cc12. The van der Waals surface area contributed by atoms with Crippen molar-refractivity contribution in [3.63, 3.8) is 0 Å². The zero-order chi connectivity index (χ0) is 16.5. The molecule has 3 aromatic rings. The number of nitrogens with zero attached hydrogens (tertiary/aromatic N) is 2. The number of pyridine rings is 1. The Morgan fingerprint density at radius 1 is 1.12 bits per heavy atom. The van der Waals surface area contributed by atoms with E-state index in [-0.39, 0.29) is 23.7 Å². The van der Waals surface area contributed by atoms with Gasteiger partial charge in [0.1, 0.15) is 11.6 Å². The van der Waals surface area contributed by atoms with Gasteiger partial charge >= 0.3 is 0 Å². The first-order valence-electron chi connectivity index (χ1n) is 8.10. The quantitative estimate of drug-likeness (QED) is 0.708. The van der Waals surface area contributed by atoms with Crippen LogP contribution in [-0.4, -0.2) is 23.0 Å². The Balaban J connectivity index is 0.00000182. The molecule has 1 aromatic carbocycles. The van der Waals surface area contributed by atoms with Crippen molar-refractivity contribution < 1.29 is 8.81 Å². The minimum Gasteiger partial charge on any atom is -0.437 e. The second-order valence-electron chi connectivity index (χ2n) is 6.16. The van der Waals surface area contributed by atoms with E-state index in [0.29, 0.717) is 22.4 Å². The molecule has 1 aliphatic heterocycles. The number of rotatable bonds is 3. The standard InChI is InChI=1S/C19H17FN2O2.ClH/c20-15-5-3-14(4-6-15)18-10-17(23)16-9-13(11-21-19(16)24-18)12-22-7-1-2-8-22;/h3-6,9-11H,1-2,7-8,12H2;1H. The van der Waals surface area contributed by atoms with Crippen molar-refractivity contribution in [1.29, 1.82) is 0 Å². The third-order valence-electron chi connectivity index (χ3n) is 4.38. The van der Waals surface area contributed by atoms with Crippen LogP contribution in [0.4, 0.5) is 4.39 Å². The molecule has 0 amide bonds. The van der Waals surface area contributed by atoms with Crippen LogP contribution in [0.25, 0.3) is 22.4 Å². The lowest BCUT2D eigenvalue weighted by atomic mass is 10.1. The van der Waals surface area contributed by atoms with E-state index in [9.17, 15) is 9.18 Å². The van der Waals surface area contributed by atoms with E-state index in [1.807, 2.05) is 6.07 Å². The van der Waals surface area contributed by atoms with Crippen LogP contribution in [0.2, 0.25) is 0 Å². The van der Waals surface area contributed by atoms with Gasteiger partial charge in [-0.2, -0.15) is 0 Å². The summed E-state index contributed by atoms with van der Waals surface area (Å²) in [5.74, 6) is 0.0684. The van der Waals surface area contributed by atoms with Gasteiger partial charge in [0.25, 0.3) is 0 Å². The van der Waals surface area contributed by atoms with Crippen LogP contribution in [0, 0.1) is 5.82 Å². The van der Waals surface area contributed by atoms with Crippen LogP contribution in [-0.2, 0) is 6.54 Å². The summed E-state index contributed by atoms with van der Waals surface area (Å²) in [7, 11) is 0. The van der Waals surface area contributed by atoms with Crippen molar-refractivity contribution in [1.82, 2.24) is 9.88 Å². The predicted octanol–water partition coefficient (Wildman–Crippen LogP) is 4.01. The second kappa shape index (κ2) is 7.33. The highest BCUT2D eigenvalue weighted by Crippen LogP contribution is 2.22. The fraction of sp³-hybridized carbons (Fsp3) is 0.263. The Hall–Kier alpha value is -2.24. The normalized spacial score (nSPS) is 14.6. The van der Waals surface area contributed by atoms with Gasteiger partial charge < -0.3 is 4.42 Å². The molecule has 4 nitrogen and oxygen atoms in total. The van der Waals surface area contributed by atoms with Gasteiger partial charge in [-0.05, 0) is 61.8 Å². The van der Waals surface area contributed by atoms with Gasteiger partial charge in [0.15, 0.2) is 5.43 Å². The molecular weight excluding hydrogens is 343 g/mol. The van der Waals surface area contributed by atoms with Crippen molar-refractivity contribution in [2.45, 2.75) is 19.4 Å². The first-order valence-corrected chi connectivity index (χ1v) is 8.10. The lowest BCUT2D eigenvalue weighted by molar-refractivity contribution is 0.331. The van der Waals surface area contributed by atoms with Crippen molar-refractivity contribution in [3.05, 3.63) is 64.2 Å². The zero-order valence-corrected chi connectivity index (χ0v) is 14.4. The molecule has 0 N–H and O–H groups in total. The molecule has 6 heteroatoms. The molecule has 4 rings (SSSR count). The third-order valence-corrected chi connectivity index (χ3v) is 4.38. The molecule has 130 valence electrons. The Morgan fingerprint density at radius 2 is 1.84 bits per heavy atom. The summed E-state index contributed by atoms with van der Waals surface area (Å²) < 4.78 is 18.8. The maximum atomic E-state index is 13.0. The number of fused-ring (bicyclic) bond motifs is 1. The second-order valence-corrected chi connectivity index (χ2v) is 6.16. The molecule has 1 aliphatic rings. The molecular formula is C19H18ClFN2O2. The Kier molecular flexibility index (Phi) is 5.16. The van der Waals surface area contributed by atoms with Gasteiger partial charge in [-0.1, -0.05) is 0 Å². The number of aromatic nitrogens is 1. The van der Waals surface area contributed by atoms with Crippen molar-refractivity contribution in [2.75, 3.05) is 13.1 Å². The summed E-state index contributed by atoms with van der Waals surface area (Å²) in [4.78, 5) is 19.1. The van der Waals surface area contributed by atoms with E-state index < -0.39 is 0 Å². The molecule has 0 spiro atoms. The molecule has 0 saturated carbocycles. The lowest BCUT2D eigenvalue weighted by Gasteiger charge is -2.14. The Morgan fingerprint density at radius 3 is 2.56 bits per heavy atom. The fourth-order valence-electron chi connectivity index (χ4n) is 3.13. The number of hydrogen-bond donors (Lipinski definition) is 0. The van der Waals surface area contributed by atoms with Crippen LogP contribution < -0.4 is 5.43 Å². The summed E-state index contributed by atoms with van der Waals surface area (Å²) >= 11 is 0. The molecule has 0 unspecified atom stereocenters. The Bertz CT molecular complexity index is 934. The largest absolute Gasteiger partial charge is 0.437 e. The molecule has 0 radical (unpaired) electrons. The van der Waals surface area contributed by atoms with Crippen LogP contribution in [0.3, 0.4) is 0 Å². The maximum absolute atomic E-state index is 13.0. The molecule has 3 heterocycles. The third kappa shape index (κ3) is 3.72. The maximum Gasteiger partial charge on any atom is 0.230 e. The first kappa shape index (κ1) is 17.6. The van der Waals surface area contributed by atoms with Crippen LogP contribution in [0.5, 0.6) is 0 Å². The highest BCUT2D eigenvalue weighted by Gasteiger charge is 2.14. The summed E-state index contributed by atoms with van der Waals surface area (Å²) in [5.41, 5.74) is 1.85. The number of likely N-dealkylation sites (tertiary alicyclic amines) is 1. The van der Waals surface area contributed by atoms with Crippen LogP contribution >= 0.6 is 12.4 Å². The van der Waals surface area contributed by atoms with Gasteiger partial charge in [-0.25, -0.2) is 9.37 Å². The van der Waals surface area contributed by atoms with Crippen molar-refractivity contribution in [3.8, 4) is 11.3 Å².